The molecule has 2 aromatic rings. The molecule has 8 nitrogen and oxygen atoms in total. The van der Waals surface area contributed by atoms with E-state index in [1.807, 2.05) is 0 Å². The van der Waals surface area contributed by atoms with Gasteiger partial charge in [0, 0.05) is 43.9 Å². The molecule has 0 bridgehead atoms. The fraction of sp³-hybridized carbons (Fsp3) is 0.235. The quantitative estimate of drug-likeness (QED) is 0.634. The number of amides is 1. The van der Waals surface area contributed by atoms with E-state index in [9.17, 15) is 23.3 Å². The number of non-ortho nitro benzene ring substituents is 1. The first kappa shape index (κ1) is 19.4. The van der Waals surface area contributed by atoms with E-state index in [4.69, 9.17) is 0 Å². The Kier molecular flexibility index (Phi) is 5.31. The van der Waals surface area contributed by atoms with E-state index < -0.39 is 20.7 Å². The average molecular weight is 377 g/mol. The number of sulfone groups is 1. The first-order valence-electron chi connectivity index (χ1n) is 7.58. The molecule has 26 heavy (non-hydrogen) atoms. The van der Waals surface area contributed by atoms with Crippen LogP contribution in [-0.4, -0.2) is 39.6 Å². The van der Waals surface area contributed by atoms with Crippen molar-refractivity contribution in [1.82, 2.24) is 0 Å². The molecule has 138 valence electrons. The summed E-state index contributed by atoms with van der Waals surface area (Å²) in [6.45, 7) is 1.72. The molecule has 0 aliphatic heterocycles. The van der Waals surface area contributed by atoms with Gasteiger partial charge in [-0.15, -0.1) is 0 Å². The fourth-order valence-electron chi connectivity index (χ4n) is 2.37. The van der Waals surface area contributed by atoms with Gasteiger partial charge in [-0.25, -0.2) is 8.42 Å². The van der Waals surface area contributed by atoms with Crippen molar-refractivity contribution in [2.45, 2.75) is 11.8 Å². The zero-order valence-corrected chi connectivity index (χ0v) is 15.6. The first-order chi connectivity index (χ1) is 12.0. The van der Waals surface area contributed by atoms with Gasteiger partial charge in [0.2, 0.25) is 0 Å². The van der Waals surface area contributed by atoms with Crippen molar-refractivity contribution in [2.24, 2.45) is 0 Å². The first-order valence-corrected chi connectivity index (χ1v) is 9.47. The standard InChI is InChI=1S/C17H19N3O5S/c1-11-5-7-13(26(4,24)25)10-15(11)18-17(21)14-9-12(20(22)23)6-8-16(14)19(2)3/h5-10H,1-4H3,(H,18,21). The Morgan fingerprint density at radius 3 is 2.35 bits per heavy atom. The van der Waals surface area contributed by atoms with Gasteiger partial charge in [0.05, 0.1) is 15.4 Å². The van der Waals surface area contributed by atoms with Crippen LogP contribution in [0.2, 0.25) is 0 Å². The number of carbonyl (C=O) groups excluding carboxylic acids is 1. The van der Waals surface area contributed by atoms with Gasteiger partial charge in [0.15, 0.2) is 9.84 Å². The van der Waals surface area contributed by atoms with E-state index in [-0.39, 0.29) is 16.1 Å². The van der Waals surface area contributed by atoms with E-state index in [0.29, 0.717) is 16.9 Å². The summed E-state index contributed by atoms with van der Waals surface area (Å²) < 4.78 is 23.4. The Morgan fingerprint density at radius 1 is 1.15 bits per heavy atom. The lowest BCUT2D eigenvalue weighted by atomic mass is 10.1. The molecule has 0 atom stereocenters. The van der Waals surface area contributed by atoms with E-state index in [1.54, 1.807) is 32.0 Å². The lowest BCUT2D eigenvalue weighted by molar-refractivity contribution is -0.384. The number of hydrogen-bond donors (Lipinski definition) is 1. The molecule has 2 rings (SSSR count). The highest BCUT2D eigenvalue weighted by Gasteiger charge is 2.19. The zero-order chi connectivity index (χ0) is 19.6. The number of anilines is 2. The average Bonchev–Trinajstić information content (AvgIpc) is 2.54. The third kappa shape index (κ3) is 4.17. The zero-order valence-electron chi connectivity index (χ0n) is 14.8. The summed E-state index contributed by atoms with van der Waals surface area (Å²) in [5, 5.41) is 13.7. The van der Waals surface area contributed by atoms with Gasteiger partial charge < -0.3 is 10.2 Å². The minimum absolute atomic E-state index is 0.0743. The fourth-order valence-corrected chi connectivity index (χ4v) is 3.01. The third-order valence-electron chi connectivity index (χ3n) is 3.80. The smallest absolute Gasteiger partial charge is 0.270 e. The van der Waals surface area contributed by atoms with Gasteiger partial charge in [0.25, 0.3) is 11.6 Å². The molecule has 9 heteroatoms. The van der Waals surface area contributed by atoms with Gasteiger partial charge >= 0.3 is 0 Å². The molecular weight excluding hydrogens is 358 g/mol. The molecule has 0 saturated heterocycles. The van der Waals surface area contributed by atoms with E-state index >= 15 is 0 Å². The van der Waals surface area contributed by atoms with Crippen molar-refractivity contribution < 1.29 is 18.1 Å². The van der Waals surface area contributed by atoms with Crippen molar-refractivity contribution in [2.75, 3.05) is 30.6 Å². The summed E-state index contributed by atoms with van der Waals surface area (Å²) >= 11 is 0. The van der Waals surface area contributed by atoms with E-state index in [2.05, 4.69) is 5.32 Å². The Hall–Kier alpha value is -2.94. The molecule has 1 N–H and O–H groups in total. The predicted molar refractivity (Wildman–Crippen MR) is 99.7 cm³/mol. The Balaban J connectivity index is 2.48. The van der Waals surface area contributed by atoms with Gasteiger partial charge in [-0.05, 0) is 30.7 Å². The lowest BCUT2D eigenvalue weighted by Gasteiger charge is -2.17. The second-order valence-electron chi connectivity index (χ2n) is 6.06. The van der Waals surface area contributed by atoms with E-state index in [1.165, 1.54) is 30.3 Å². The van der Waals surface area contributed by atoms with Crippen molar-refractivity contribution in [3.05, 3.63) is 57.6 Å². The van der Waals surface area contributed by atoms with Crippen LogP contribution < -0.4 is 10.2 Å². The number of nitro benzene ring substituents is 1. The molecule has 0 saturated carbocycles. The van der Waals surface area contributed by atoms with Crippen LogP contribution in [0.15, 0.2) is 41.3 Å². The maximum atomic E-state index is 12.7. The second kappa shape index (κ2) is 7.12. The summed E-state index contributed by atoms with van der Waals surface area (Å²) in [6, 6.07) is 8.43. The van der Waals surface area contributed by atoms with Crippen LogP contribution in [0.5, 0.6) is 0 Å². The number of nitrogens with one attached hydrogen (secondary N) is 1. The van der Waals surface area contributed by atoms with Crippen LogP contribution in [0.25, 0.3) is 0 Å². The molecule has 0 unspecified atom stereocenters. The highest BCUT2D eigenvalue weighted by atomic mass is 32.2. The van der Waals surface area contributed by atoms with E-state index in [0.717, 1.165) is 6.26 Å². The Morgan fingerprint density at radius 2 is 1.81 bits per heavy atom. The molecule has 0 aliphatic rings. The highest BCUT2D eigenvalue weighted by Crippen LogP contribution is 2.26. The van der Waals surface area contributed by atoms with Gasteiger partial charge in [0.1, 0.15) is 0 Å². The number of aryl methyl sites for hydroxylation is 1. The molecule has 0 spiro atoms. The van der Waals surface area contributed by atoms with Gasteiger partial charge in [-0.2, -0.15) is 0 Å². The Labute approximate surface area is 151 Å². The van der Waals surface area contributed by atoms with Crippen LogP contribution in [-0.2, 0) is 9.84 Å². The van der Waals surface area contributed by atoms with Crippen molar-refractivity contribution in [3.63, 3.8) is 0 Å². The van der Waals surface area contributed by atoms with Crippen LogP contribution in [0.4, 0.5) is 17.1 Å². The molecule has 2 aromatic carbocycles. The molecule has 1 amide bonds. The minimum atomic E-state index is -3.43. The van der Waals surface area contributed by atoms with Crippen molar-refractivity contribution >= 4 is 32.8 Å². The normalized spacial score (nSPS) is 11.1. The van der Waals surface area contributed by atoms with Gasteiger partial charge in [-0.3, -0.25) is 14.9 Å². The van der Waals surface area contributed by atoms with Gasteiger partial charge in [-0.1, -0.05) is 6.07 Å². The van der Waals surface area contributed by atoms with Crippen LogP contribution in [0, 0.1) is 17.0 Å². The molecule has 0 heterocycles. The molecule has 0 radical (unpaired) electrons. The third-order valence-corrected chi connectivity index (χ3v) is 4.91. The van der Waals surface area contributed by atoms with Crippen LogP contribution >= 0.6 is 0 Å². The number of hydrogen-bond acceptors (Lipinski definition) is 6. The molecule has 0 aromatic heterocycles. The SMILES string of the molecule is Cc1ccc(S(C)(=O)=O)cc1NC(=O)c1cc([N+](=O)[O-])ccc1N(C)C. The minimum Gasteiger partial charge on any atom is -0.377 e. The Bertz CT molecular complexity index is 984. The summed E-state index contributed by atoms with van der Waals surface area (Å²) in [7, 11) is 0.000590. The molecular formula is C17H19N3O5S. The highest BCUT2D eigenvalue weighted by molar-refractivity contribution is 7.90. The summed E-state index contributed by atoms with van der Waals surface area (Å²) in [5.41, 5.74) is 1.41. The summed E-state index contributed by atoms with van der Waals surface area (Å²) in [5.74, 6) is -0.564. The monoisotopic (exact) mass is 377 g/mol. The van der Waals surface area contributed by atoms with Crippen LogP contribution in [0.3, 0.4) is 0 Å². The second-order valence-corrected chi connectivity index (χ2v) is 8.07. The largest absolute Gasteiger partial charge is 0.377 e. The molecule has 0 fully saturated rings. The number of benzene rings is 2. The topological polar surface area (TPSA) is 110 Å². The van der Waals surface area contributed by atoms with Crippen molar-refractivity contribution in [3.8, 4) is 0 Å². The number of nitro groups is 1. The number of rotatable bonds is 5. The number of carbonyl (C=O) groups is 1. The maximum Gasteiger partial charge on any atom is 0.270 e. The van der Waals surface area contributed by atoms with Crippen LogP contribution in [0.1, 0.15) is 15.9 Å². The molecule has 0 aliphatic carbocycles. The summed E-state index contributed by atoms with van der Waals surface area (Å²) in [6.07, 6.45) is 1.08. The lowest BCUT2D eigenvalue weighted by Crippen LogP contribution is -2.19. The predicted octanol–water partition coefficient (Wildman–Crippen LogP) is 2.63. The van der Waals surface area contributed by atoms with Crippen molar-refractivity contribution in [1.29, 1.82) is 0 Å². The maximum absolute atomic E-state index is 12.7. The number of nitrogens with zero attached hydrogens (tertiary/aromatic N) is 2. The summed E-state index contributed by atoms with van der Waals surface area (Å²) in [4.78, 5) is 24.9.